The number of halogens is 1. The fraction of sp³-hybridized carbons (Fsp3) is 0.238. The van der Waals surface area contributed by atoms with Crippen LogP contribution >= 0.6 is 22.9 Å². The van der Waals surface area contributed by atoms with E-state index in [1.54, 1.807) is 12.1 Å². The number of amides is 1. The fourth-order valence-electron chi connectivity index (χ4n) is 2.60. The summed E-state index contributed by atoms with van der Waals surface area (Å²) in [6, 6.07) is 13.5. The third-order valence-corrected chi connectivity index (χ3v) is 5.06. The minimum Gasteiger partial charge on any atom is -0.494 e. The predicted octanol–water partition coefficient (Wildman–Crippen LogP) is 5.88. The SMILES string of the molecule is Cc1ccc(C)c(-c2csc(NC(=O)CCCOc3ccc(Cl)cc3)n2)c1. The molecule has 1 aromatic heterocycles. The van der Waals surface area contributed by atoms with Gasteiger partial charge in [-0.2, -0.15) is 0 Å². The molecule has 3 aromatic rings. The van der Waals surface area contributed by atoms with E-state index >= 15 is 0 Å². The van der Waals surface area contributed by atoms with Crippen molar-refractivity contribution >= 4 is 34.0 Å². The number of nitrogens with one attached hydrogen (secondary N) is 1. The highest BCUT2D eigenvalue weighted by molar-refractivity contribution is 7.14. The molecule has 2 aromatic carbocycles. The van der Waals surface area contributed by atoms with Crippen molar-refractivity contribution in [3.8, 4) is 17.0 Å². The van der Waals surface area contributed by atoms with E-state index in [9.17, 15) is 4.79 Å². The first kappa shape index (κ1) is 19.4. The van der Waals surface area contributed by atoms with Gasteiger partial charge in [0, 0.05) is 22.4 Å². The van der Waals surface area contributed by atoms with E-state index in [0.29, 0.717) is 29.6 Å². The van der Waals surface area contributed by atoms with Crippen molar-refractivity contribution in [2.45, 2.75) is 26.7 Å². The van der Waals surface area contributed by atoms with Gasteiger partial charge in [-0.15, -0.1) is 11.3 Å². The summed E-state index contributed by atoms with van der Waals surface area (Å²) in [4.78, 5) is 16.7. The van der Waals surface area contributed by atoms with Crippen LogP contribution in [0.2, 0.25) is 5.02 Å². The quantitative estimate of drug-likeness (QED) is 0.504. The molecular weight excluding hydrogens is 380 g/mol. The molecule has 27 heavy (non-hydrogen) atoms. The first-order chi connectivity index (χ1) is 13.0. The van der Waals surface area contributed by atoms with Gasteiger partial charge in [0.25, 0.3) is 0 Å². The standard InChI is InChI=1S/C21H21ClN2O2S/c1-14-5-6-15(2)18(12-14)19-13-27-21(23-19)24-20(25)4-3-11-26-17-9-7-16(22)8-10-17/h5-10,12-13H,3-4,11H2,1-2H3,(H,23,24,25). The average Bonchev–Trinajstić information content (AvgIpc) is 3.10. The zero-order chi connectivity index (χ0) is 19.2. The third kappa shape index (κ3) is 5.55. The molecule has 1 N–H and O–H groups in total. The highest BCUT2D eigenvalue weighted by atomic mass is 35.5. The normalized spacial score (nSPS) is 10.6. The molecule has 140 valence electrons. The van der Waals surface area contributed by atoms with Crippen LogP contribution < -0.4 is 10.1 Å². The van der Waals surface area contributed by atoms with Crippen molar-refractivity contribution in [1.82, 2.24) is 4.98 Å². The molecule has 1 amide bonds. The Labute approximate surface area is 168 Å². The molecule has 0 saturated carbocycles. The maximum atomic E-state index is 12.1. The summed E-state index contributed by atoms with van der Waals surface area (Å²) in [5, 5.41) is 6.13. The van der Waals surface area contributed by atoms with Crippen LogP contribution in [0, 0.1) is 13.8 Å². The number of hydrogen-bond acceptors (Lipinski definition) is 4. The summed E-state index contributed by atoms with van der Waals surface area (Å²) >= 11 is 7.27. The van der Waals surface area contributed by atoms with E-state index in [1.165, 1.54) is 22.5 Å². The van der Waals surface area contributed by atoms with Crippen LogP contribution in [0.4, 0.5) is 5.13 Å². The number of rotatable bonds is 7. The number of aryl methyl sites for hydroxylation is 2. The Morgan fingerprint density at radius 3 is 2.74 bits per heavy atom. The van der Waals surface area contributed by atoms with Gasteiger partial charge in [0.05, 0.1) is 12.3 Å². The summed E-state index contributed by atoms with van der Waals surface area (Å²) in [6.45, 7) is 4.60. The molecular formula is C21H21ClN2O2S. The summed E-state index contributed by atoms with van der Waals surface area (Å²) in [6.07, 6.45) is 1.01. The van der Waals surface area contributed by atoms with Crippen LogP contribution in [0.25, 0.3) is 11.3 Å². The fourth-order valence-corrected chi connectivity index (χ4v) is 3.45. The number of carbonyl (C=O) groups is 1. The van der Waals surface area contributed by atoms with Gasteiger partial charge in [0.2, 0.25) is 5.91 Å². The number of hydrogen-bond donors (Lipinski definition) is 1. The minimum atomic E-state index is -0.0587. The van der Waals surface area contributed by atoms with Crippen molar-refractivity contribution in [2.24, 2.45) is 0 Å². The molecule has 0 aliphatic carbocycles. The summed E-state index contributed by atoms with van der Waals surface area (Å²) in [7, 11) is 0. The van der Waals surface area contributed by atoms with Gasteiger partial charge in [0.1, 0.15) is 5.75 Å². The summed E-state index contributed by atoms with van der Waals surface area (Å²) in [5.41, 5.74) is 4.35. The van der Waals surface area contributed by atoms with Gasteiger partial charge in [-0.1, -0.05) is 29.3 Å². The molecule has 0 unspecified atom stereocenters. The topological polar surface area (TPSA) is 51.2 Å². The highest BCUT2D eigenvalue weighted by Gasteiger charge is 2.10. The largest absolute Gasteiger partial charge is 0.494 e. The van der Waals surface area contributed by atoms with Crippen LogP contribution in [0.3, 0.4) is 0 Å². The highest BCUT2D eigenvalue weighted by Crippen LogP contribution is 2.28. The average molecular weight is 401 g/mol. The second-order valence-electron chi connectivity index (χ2n) is 6.31. The molecule has 0 bridgehead atoms. The van der Waals surface area contributed by atoms with Gasteiger partial charge < -0.3 is 10.1 Å². The predicted molar refractivity (Wildman–Crippen MR) is 112 cm³/mol. The van der Waals surface area contributed by atoms with E-state index in [-0.39, 0.29) is 5.91 Å². The summed E-state index contributed by atoms with van der Waals surface area (Å²) in [5.74, 6) is 0.689. The van der Waals surface area contributed by atoms with Gasteiger partial charge in [-0.3, -0.25) is 4.79 Å². The second kappa shape index (κ2) is 9.02. The number of anilines is 1. The summed E-state index contributed by atoms with van der Waals surface area (Å²) < 4.78 is 5.60. The van der Waals surface area contributed by atoms with Crippen molar-refractivity contribution in [3.63, 3.8) is 0 Å². The van der Waals surface area contributed by atoms with Crippen molar-refractivity contribution in [1.29, 1.82) is 0 Å². The second-order valence-corrected chi connectivity index (χ2v) is 7.60. The monoisotopic (exact) mass is 400 g/mol. The van der Waals surface area contributed by atoms with Crippen LogP contribution in [0.15, 0.2) is 47.8 Å². The van der Waals surface area contributed by atoms with Crippen molar-refractivity contribution < 1.29 is 9.53 Å². The van der Waals surface area contributed by atoms with Gasteiger partial charge in [0.15, 0.2) is 5.13 Å². The minimum absolute atomic E-state index is 0.0587. The molecule has 0 spiro atoms. The lowest BCUT2D eigenvalue weighted by molar-refractivity contribution is -0.116. The molecule has 0 aliphatic rings. The lowest BCUT2D eigenvalue weighted by Gasteiger charge is -2.06. The number of nitrogens with zero attached hydrogens (tertiary/aromatic N) is 1. The Hall–Kier alpha value is -2.37. The van der Waals surface area contributed by atoms with E-state index in [0.717, 1.165) is 17.0 Å². The van der Waals surface area contributed by atoms with Crippen LogP contribution in [-0.2, 0) is 4.79 Å². The van der Waals surface area contributed by atoms with E-state index in [2.05, 4.69) is 42.3 Å². The van der Waals surface area contributed by atoms with Crippen molar-refractivity contribution in [3.05, 3.63) is 64.0 Å². The lowest BCUT2D eigenvalue weighted by atomic mass is 10.0. The Morgan fingerprint density at radius 1 is 1.19 bits per heavy atom. The van der Waals surface area contributed by atoms with Crippen LogP contribution in [-0.4, -0.2) is 17.5 Å². The Bertz CT molecular complexity index is 922. The zero-order valence-electron chi connectivity index (χ0n) is 15.3. The number of carbonyl (C=O) groups excluding carboxylic acids is 1. The first-order valence-electron chi connectivity index (χ1n) is 8.72. The van der Waals surface area contributed by atoms with Crippen molar-refractivity contribution in [2.75, 3.05) is 11.9 Å². The van der Waals surface area contributed by atoms with Gasteiger partial charge in [-0.05, 0) is 56.2 Å². The number of benzene rings is 2. The molecule has 3 rings (SSSR count). The number of thiazole rings is 1. The van der Waals surface area contributed by atoms with Crippen LogP contribution in [0.5, 0.6) is 5.75 Å². The molecule has 6 heteroatoms. The van der Waals surface area contributed by atoms with E-state index < -0.39 is 0 Å². The first-order valence-corrected chi connectivity index (χ1v) is 9.98. The van der Waals surface area contributed by atoms with Gasteiger partial charge in [-0.25, -0.2) is 4.98 Å². The molecule has 0 fully saturated rings. The maximum absolute atomic E-state index is 12.1. The molecule has 0 atom stereocenters. The molecule has 1 heterocycles. The van der Waals surface area contributed by atoms with Crippen LogP contribution in [0.1, 0.15) is 24.0 Å². The van der Waals surface area contributed by atoms with E-state index in [4.69, 9.17) is 16.3 Å². The third-order valence-electron chi connectivity index (χ3n) is 4.05. The van der Waals surface area contributed by atoms with E-state index in [1.807, 2.05) is 17.5 Å². The Balaban J connectivity index is 1.48. The zero-order valence-corrected chi connectivity index (χ0v) is 16.9. The van der Waals surface area contributed by atoms with Gasteiger partial charge >= 0.3 is 0 Å². The molecule has 0 radical (unpaired) electrons. The lowest BCUT2D eigenvalue weighted by Crippen LogP contribution is -2.12. The molecule has 4 nitrogen and oxygen atoms in total. The maximum Gasteiger partial charge on any atom is 0.226 e. The molecule has 0 aliphatic heterocycles. The number of aromatic nitrogens is 1. The smallest absolute Gasteiger partial charge is 0.226 e. The number of ether oxygens (including phenoxy) is 1. The Morgan fingerprint density at radius 2 is 1.96 bits per heavy atom. The molecule has 0 saturated heterocycles. The Kier molecular flexibility index (Phi) is 6.48.